The van der Waals surface area contributed by atoms with Gasteiger partial charge in [-0.1, -0.05) is 52.7 Å². The number of rotatable bonds is 7. The van der Waals surface area contributed by atoms with Crippen LogP contribution in [-0.2, 0) is 11.2 Å². The molecule has 0 spiro atoms. The van der Waals surface area contributed by atoms with Crippen LogP contribution in [0.3, 0.4) is 0 Å². The average molecular weight is 312 g/mol. The predicted octanol–water partition coefficient (Wildman–Crippen LogP) is 3.56. The number of aryl methyl sites for hydroxylation is 2. The molecule has 2 nitrogen and oxygen atoms in total. The smallest absolute Gasteiger partial charge is 0.222 e. The lowest BCUT2D eigenvalue weighted by molar-refractivity contribution is -0.130. The summed E-state index contributed by atoms with van der Waals surface area (Å²) in [7, 11) is 0. The van der Waals surface area contributed by atoms with Crippen LogP contribution in [0.25, 0.3) is 0 Å². The first kappa shape index (κ1) is 15.2. The molecule has 100 valence electrons. The van der Waals surface area contributed by atoms with Gasteiger partial charge in [-0.05, 0) is 25.3 Å². The van der Waals surface area contributed by atoms with E-state index in [4.69, 9.17) is 0 Å². The van der Waals surface area contributed by atoms with E-state index in [0.717, 1.165) is 31.3 Å². The highest BCUT2D eigenvalue weighted by Gasteiger charge is 2.11. The second-order valence-corrected chi connectivity index (χ2v) is 5.35. The first-order valence-corrected chi connectivity index (χ1v) is 7.68. The summed E-state index contributed by atoms with van der Waals surface area (Å²) in [6.45, 7) is 5.85. The third-order valence-electron chi connectivity index (χ3n) is 2.91. The quantitative estimate of drug-likeness (QED) is 0.705. The monoisotopic (exact) mass is 311 g/mol. The maximum absolute atomic E-state index is 12.1. The van der Waals surface area contributed by atoms with Crippen molar-refractivity contribution < 1.29 is 4.79 Å². The Labute approximate surface area is 119 Å². The Balaban J connectivity index is 2.48. The van der Waals surface area contributed by atoms with Crippen LogP contribution in [-0.4, -0.2) is 29.2 Å². The fourth-order valence-corrected chi connectivity index (χ4v) is 2.44. The van der Waals surface area contributed by atoms with Crippen molar-refractivity contribution in [3.05, 3.63) is 35.4 Å². The Bertz CT molecular complexity index is 373. The third-order valence-corrected chi connectivity index (χ3v) is 3.27. The summed E-state index contributed by atoms with van der Waals surface area (Å²) < 4.78 is 0. The molecule has 1 amide bonds. The van der Waals surface area contributed by atoms with Crippen molar-refractivity contribution in [2.24, 2.45) is 0 Å². The van der Waals surface area contributed by atoms with E-state index in [1.165, 1.54) is 11.1 Å². The van der Waals surface area contributed by atoms with Crippen LogP contribution in [0.5, 0.6) is 0 Å². The van der Waals surface area contributed by atoms with Gasteiger partial charge in [0.15, 0.2) is 0 Å². The van der Waals surface area contributed by atoms with Crippen molar-refractivity contribution in [3.63, 3.8) is 0 Å². The maximum Gasteiger partial charge on any atom is 0.222 e. The number of carbonyl (C=O) groups is 1. The molecule has 0 aliphatic heterocycles. The molecule has 0 aliphatic carbocycles. The Kier molecular flexibility index (Phi) is 7.02. The van der Waals surface area contributed by atoms with Crippen molar-refractivity contribution >= 4 is 21.8 Å². The molecule has 0 atom stereocenters. The van der Waals surface area contributed by atoms with Gasteiger partial charge in [0.2, 0.25) is 5.91 Å². The van der Waals surface area contributed by atoms with Gasteiger partial charge in [-0.15, -0.1) is 0 Å². The molecule has 0 radical (unpaired) electrons. The zero-order chi connectivity index (χ0) is 13.4. The molecule has 0 saturated heterocycles. The fourth-order valence-electron chi connectivity index (χ4n) is 2.01. The number of hydrogen-bond donors (Lipinski definition) is 0. The van der Waals surface area contributed by atoms with Gasteiger partial charge >= 0.3 is 0 Å². The molecule has 0 unspecified atom stereocenters. The molecule has 1 aromatic carbocycles. The number of halogens is 1. The lowest BCUT2D eigenvalue weighted by atomic mass is 10.1. The van der Waals surface area contributed by atoms with E-state index in [2.05, 4.69) is 54.0 Å². The highest BCUT2D eigenvalue weighted by Crippen LogP contribution is 2.08. The zero-order valence-electron chi connectivity index (χ0n) is 11.3. The third kappa shape index (κ3) is 5.21. The molecule has 1 rings (SSSR count). The summed E-state index contributed by atoms with van der Waals surface area (Å²) in [6, 6.07) is 8.38. The van der Waals surface area contributed by atoms with Crippen LogP contribution in [0.2, 0.25) is 0 Å². The van der Waals surface area contributed by atoms with Gasteiger partial charge in [-0.3, -0.25) is 4.79 Å². The van der Waals surface area contributed by atoms with E-state index in [1.807, 2.05) is 4.90 Å². The van der Waals surface area contributed by atoms with Gasteiger partial charge in [0.25, 0.3) is 0 Å². The summed E-state index contributed by atoms with van der Waals surface area (Å²) in [5.41, 5.74) is 2.50. The molecule has 1 aromatic rings. The first-order chi connectivity index (χ1) is 8.67. The Morgan fingerprint density at radius 3 is 2.72 bits per heavy atom. The van der Waals surface area contributed by atoms with Crippen molar-refractivity contribution in [1.29, 1.82) is 0 Å². The molecule has 0 aliphatic rings. The molecule has 3 heteroatoms. The van der Waals surface area contributed by atoms with Gasteiger partial charge in [-0.2, -0.15) is 0 Å². The van der Waals surface area contributed by atoms with Crippen molar-refractivity contribution in [2.75, 3.05) is 18.4 Å². The molecule has 0 fully saturated rings. The largest absolute Gasteiger partial charge is 0.342 e. The minimum absolute atomic E-state index is 0.262. The predicted molar refractivity (Wildman–Crippen MR) is 80.2 cm³/mol. The van der Waals surface area contributed by atoms with E-state index in [-0.39, 0.29) is 5.91 Å². The van der Waals surface area contributed by atoms with Gasteiger partial charge in [0, 0.05) is 24.8 Å². The summed E-state index contributed by atoms with van der Waals surface area (Å²) in [5, 5.41) is 0.850. The average Bonchev–Trinajstić information content (AvgIpc) is 2.36. The molecular formula is C15H22BrNO. The molecule has 0 saturated carbocycles. The topological polar surface area (TPSA) is 20.3 Å². The lowest BCUT2D eigenvalue weighted by Gasteiger charge is -2.21. The van der Waals surface area contributed by atoms with Gasteiger partial charge in [0.1, 0.15) is 0 Å². The van der Waals surface area contributed by atoms with E-state index < -0.39 is 0 Å². The second kappa shape index (κ2) is 8.30. The van der Waals surface area contributed by atoms with Gasteiger partial charge in [0.05, 0.1) is 0 Å². The number of benzene rings is 1. The van der Waals surface area contributed by atoms with Crippen molar-refractivity contribution in [1.82, 2.24) is 4.90 Å². The minimum Gasteiger partial charge on any atom is -0.342 e. The summed E-state index contributed by atoms with van der Waals surface area (Å²) in [4.78, 5) is 14.0. The van der Waals surface area contributed by atoms with Crippen LogP contribution in [0.15, 0.2) is 24.3 Å². The van der Waals surface area contributed by atoms with Crippen molar-refractivity contribution in [2.45, 2.75) is 33.1 Å². The molecule has 0 N–H and O–H groups in total. The highest BCUT2D eigenvalue weighted by molar-refractivity contribution is 9.09. The number of alkyl halides is 1. The zero-order valence-corrected chi connectivity index (χ0v) is 12.9. The molecule has 18 heavy (non-hydrogen) atoms. The fraction of sp³-hybridized carbons (Fsp3) is 0.533. The number of carbonyl (C=O) groups excluding carboxylic acids is 1. The number of nitrogens with zero attached hydrogens (tertiary/aromatic N) is 1. The van der Waals surface area contributed by atoms with Gasteiger partial charge in [-0.25, -0.2) is 0 Å². The first-order valence-electron chi connectivity index (χ1n) is 6.56. The number of hydrogen-bond acceptors (Lipinski definition) is 1. The van der Waals surface area contributed by atoms with Crippen LogP contribution < -0.4 is 0 Å². The Morgan fingerprint density at radius 1 is 1.33 bits per heavy atom. The van der Waals surface area contributed by atoms with E-state index in [9.17, 15) is 4.79 Å². The van der Waals surface area contributed by atoms with E-state index in [1.54, 1.807) is 0 Å². The van der Waals surface area contributed by atoms with E-state index >= 15 is 0 Å². The lowest BCUT2D eigenvalue weighted by Crippen LogP contribution is -2.33. The summed E-state index contributed by atoms with van der Waals surface area (Å²) in [6.07, 6.45) is 2.46. The SMILES string of the molecule is CCCN(CCBr)C(=O)CCc1cccc(C)c1. The molecule has 0 bridgehead atoms. The molecular weight excluding hydrogens is 290 g/mol. The normalized spacial score (nSPS) is 10.4. The minimum atomic E-state index is 0.262. The summed E-state index contributed by atoms with van der Waals surface area (Å²) in [5.74, 6) is 0.262. The van der Waals surface area contributed by atoms with Crippen molar-refractivity contribution in [3.8, 4) is 0 Å². The van der Waals surface area contributed by atoms with Crippen LogP contribution in [0.4, 0.5) is 0 Å². The number of amides is 1. The van der Waals surface area contributed by atoms with Gasteiger partial charge < -0.3 is 4.90 Å². The Morgan fingerprint density at radius 2 is 2.11 bits per heavy atom. The Hall–Kier alpha value is -0.830. The second-order valence-electron chi connectivity index (χ2n) is 4.56. The summed E-state index contributed by atoms with van der Waals surface area (Å²) >= 11 is 3.40. The van der Waals surface area contributed by atoms with Crippen LogP contribution in [0.1, 0.15) is 30.9 Å². The standard InChI is InChI=1S/C15H22BrNO/c1-3-10-17(11-9-16)15(18)8-7-14-6-4-5-13(2)12-14/h4-6,12H,3,7-11H2,1-2H3. The maximum atomic E-state index is 12.1. The van der Waals surface area contributed by atoms with E-state index in [0.29, 0.717) is 6.42 Å². The van der Waals surface area contributed by atoms with Crippen LogP contribution in [0, 0.1) is 6.92 Å². The highest BCUT2D eigenvalue weighted by atomic mass is 79.9. The molecule has 0 heterocycles. The molecule has 0 aromatic heterocycles. The van der Waals surface area contributed by atoms with Crippen LogP contribution >= 0.6 is 15.9 Å².